The Labute approximate surface area is 116 Å². The number of hydrogen-bond acceptors (Lipinski definition) is 3. The zero-order valence-corrected chi connectivity index (χ0v) is 10.9. The van der Waals surface area contributed by atoms with Crippen molar-refractivity contribution >= 4 is 18.1 Å². The summed E-state index contributed by atoms with van der Waals surface area (Å²) < 4.78 is 5.10. The molecule has 1 amide bonds. The summed E-state index contributed by atoms with van der Waals surface area (Å²) in [7, 11) is 0. The van der Waals surface area contributed by atoms with Gasteiger partial charge in [0.1, 0.15) is 6.61 Å². The maximum Gasteiger partial charge on any atom is 0.410 e. The average molecular weight is 273 g/mol. The first kappa shape index (κ1) is 15.3. The predicted molar refractivity (Wildman–Crippen MR) is 73.1 cm³/mol. The van der Waals surface area contributed by atoms with Crippen LogP contribution in [-0.2, 0) is 16.1 Å². The molecule has 6 heteroatoms. The fourth-order valence-electron chi connectivity index (χ4n) is 1.46. The van der Waals surface area contributed by atoms with Gasteiger partial charge in [-0.15, -0.1) is 6.58 Å². The van der Waals surface area contributed by atoms with Crippen molar-refractivity contribution in [2.24, 2.45) is 0 Å². The van der Waals surface area contributed by atoms with E-state index in [0.717, 1.165) is 11.8 Å². The average Bonchev–Trinajstić information content (AvgIpc) is 2.45. The van der Waals surface area contributed by atoms with E-state index >= 15 is 0 Å². The summed E-state index contributed by atoms with van der Waals surface area (Å²) in [5.41, 5.74) is 9.11. The number of nitrogens with zero attached hydrogens (tertiary/aromatic N) is 3. The van der Waals surface area contributed by atoms with Crippen LogP contribution in [0.15, 0.2) is 43.0 Å². The Kier molecular flexibility index (Phi) is 6.44. The van der Waals surface area contributed by atoms with Gasteiger partial charge in [-0.25, -0.2) is 4.79 Å². The normalized spacial score (nSPS) is 9.20. The highest BCUT2D eigenvalue weighted by Crippen LogP contribution is 2.03. The molecular weight excluding hydrogens is 258 g/mol. The molecule has 0 unspecified atom stereocenters. The summed E-state index contributed by atoms with van der Waals surface area (Å²) in [6, 6.07) is 9.20. The van der Waals surface area contributed by atoms with E-state index in [4.69, 9.17) is 10.3 Å². The van der Waals surface area contributed by atoms with Crippen LogP contribution in [0.1, 0.15) is 5.56 Å². The predicted octanol–water partition coefficient (Wildman–Crippen LogP) is 1.68. The third-order valence-electron chi connectivity index (χ3n) is 2.36. The van der Waals surface area contributed by atoms with Crippen LogP contribution in [0.2, 0.25) is 0 Å². The van der Waals surface area contributed by atoms with Gasteiger partial charge in [-0.2, -0.15) is 4.79 Å². The lowest BCUT2D eigenvalue weighted by Crippen LogP contribution is -2.36. The van der Waals surface area contributed by atoms with Crippen molar-refractivity contribution in [3.8, 4) is 0 Å². The zero-order valence-electron chi connectivity index (χ0n) is 10.9. The standard InChI is InChI=1S/C14H15N3O3/c1-2-8-17(10-13(18)9-16-15)14(19)20-11-12-6-4-3-5-7-12/h2-7,9H,1,8,10-11H2. The Morgan fingerprint density at radius 1 is 1.35 bits per heavy atom. The number of ether oxygens (including phenoxy) is 1. The van der Waals surface area contributed by atoms with Crippen molar-refractivity contribution in [1.82, 2.24) is 4.90 Å². The minimum Gasteiger partial charge on any atom is -0.445 e. The van der Waals surface area contributed by atoms with Crippen molar-refractivity contribution in [3.05, 3.63) is 54.1 Å². The van der Waals surface area contributed by atoms with Crippen LogP contribution in [0.25, 0.3) is 5.53 Å². The molecule has 1 aromatic rings. The van der Waals surface area contributed by atoms with Crippen LogP contribution in [0, 0.1) is 0 Å². The van der Waals surface area contributed by atoms with E-state index in [2.05, 4.69) is 11.4 Å². The van der Waals surface area contributed by atoms with E-state index in [1.54, 1.807) is 0 Å². The zero-order chi connectivity index (χ0) is 14.8. The first-order chi connectivity index (χ1) is 9.67. The summed E-state index contributed by atoms with van der Waals surface area (Å²) >= 11 is 0. The van der Waals surface area contributed by atoms with E-state index in [-0.39, 0.29) is 19.7 Å². The Hall–Kier alpha value is -2.72. The van der Waals surface area contributed by atoms with Crippen molar-refractivity contribution in [2.45, 2.75) is 6.61 Å². The van der Waals surface area contributed by atoms with E-state index in [0.29, 0.717) is 0 Å². The molecule has 6 nitrogen and oxygen atoms in total. The number of rotatable bonds is 7. The molecule has 0 saturated carbocycles. The Balaban J connectivity index is 2.57. The molecule has 0 N–H and O–H groups in total. The van der Waals surface area contributed by atoms with Crippen molar-refractivity contribution < 1.29 is 19.1 Å². The monoisotopic (exact) mass is 273 g/mol. The third kappa shape index (κ3) is 5.29. The van der Waals surface area contributed by atoms with Gasteiger partial charge in [0.15, 0.2) is 0 Å². The maximum atomic E-state index is 11.8. The highest BCUT2D eigenvalue weighted by atomic mass is 16.6. The number of ketones is 1. The van der Waals surface area contributed by atoms with Crippen LogP contribution in [0.5, 0.6) is 0 Å². The van der Waals surface area contributed by atoms with Gasteiger partial charge in [-0.1, -0.05) is 36.4 Å². The van der Waals surface area contributed by atoms with Crippen LogP contribution in [-0.4, -0.2) is 40.9 Å². The molecule has 104 valence electrons. The van der Waals surface area contributed by atoms with Crippen LogP contribution >= 0.6 is 0 Å². The van der Waals surface area contributed by atoms with Gasteiger partial charge in [0, 0.05) is 6.54 Å². The van der Waals surface area contributed by atoms with Crippen LogP contribution < -0.4 is 0 Å². The Morgan fingerprint density at radius 2 is 2.05 bits per heavy atom. The lowest BCUT2D eigenvalue weighted by Gasteiger charge is -2.18. The van der Waals surface area contributed by atoms with E-state index in [1.165, 1.54) is 11.0 Å². The second-order valence-electron chi connectivity index (χ2n) is 3.92. The number of carbonyl (C=O) groups excluding carboxylic acids is 2. The molecule has 0 saturated heterocycles. The summed E-state index contributed by atoms with van der Waals surface area (Å²) in [5, 5.41) is 0. The van der Waals surface area contributed by atoms with Gasteiger partial charge >= 0.3 is 12.3 Å². The Bertz CT molecular complexity index is 522. The van der Waals surface area contributed by atoms with Crippen LogP contribution in [0.3, 0.4) is 0 Å². The van der Waals surface area contributed by atoms with Gasteiger partial charge < -0.3 is 10.3 Å². The molecule has 1 aromatic carbocycles. The molecule has 0 aromatic heterocycles. The van der Waals surface area contributed by atoms with Gasteiger partial charge in [-0.3, -0.25) is 9.69 Å². The van der Waals surface area contributed by atoms with Crippen LogP contribution in [0.4, 0.5) is 4.79 Å². The highest BCUT2D eigenvalue weighted by molar-refractivity contribution is 6.26. The van der Waals surface area contributed by atoms with Crippen molar-refractivity contribution in [2.75, 3.05) is 13.1 Å². The number of carbonyl (C=O) groups is 2. The summed E-state index contributed by atoms with van der Waals surface area (Å²) in [4.78, 5) is 26.9. The minimum absolute atomic E-state index is 0.121. The first-order valence-corrected chi connectivity index (χ1v) is 5.94. The molecule has 0 aliphatic rings. The molecule has 0 aliphatic carbocycles. The quantitative estimate of drug-likeness (QED) is 0.328. The van der Waals surface area contributed by atoms with E-state index < -0.39 is 11.9 Å². The topological polar surface area (TPSA) is 83.0 Å². The second-order valence-corrected chi connectivity index (χ2v) is 3.92. The molecule has 0 fully saturated rings. The molecule has 0 bridgehead atoms. The highest BCUT2D eigenvalue weighted by Gasteiger charge is 2.18. The molecular formula is C14H15N3O3. The SMILES string of the molecule is C=CCN(CC(=O)C=[N+]=[N-])C(=O)OCc1ccccc1. The summed E-state index contributed by atoms with van der Waals surface area (Å²) in [5.74, 6) is -0.508. The minimum atomic E-state index is -0.631. The van der Waals surface area contributed by atoms with Gasteiger partial charge in [0.05, 0.1) is 6.54 Å². The van der Waals surface area contributed by atoms with E-state index in [1.807, 2.05) is 30.3 Å². The molecule has 0 heterocycles. The number of benzene rings is 1. The summed E-state index contributed by atoms with van der Waals surface area (Å²) in [6.45, 7) is 3.56. The fourth-order valence-corrected chi connectivity index (χ4v) is 1.46. The fraction of sp³-hybridized carbons (Fsp3) is 0.214. The molecule has 0 spiro atoms. The molecule has 0 radical (unpaired) electrons. The lowest BCUT2D eigenvalue weighted by atomic mass is 10.2. The van der Waals surface area contributed by atoms with Crippen molar-refractivity contribution in [1.29, 1.82) is 0 Å². The van der Waals surface area contributed by atoms with E-state index in [9.17, 15) is 9.59 Å². The number of Topliss-reactive ketones (excluding diaryl/α,β-unsaturated/α-hetero) is 1. The van der Waals surface area contributed by atoms with Gasteiger partial charge in [0.2, 0.25) is 0 Å². The van der Waals surface area contributed by atoms with Gasteiger partial charge in [-0.05, 0) is 5.56 Å². The van der Waals surface area contributed by atoms with Crippen molar-refractivity contribution in [3.63, 3.8) is 0 Å². The molecule has 1 rings (SSSR count). The lowest BCUT2D eigenvalue weighted by molar-refractivity contribution is -0.116. The number of hydrogen-bond donors (Lipinski definition) is 0. The third-order valence-corrected chi connectivity index (χ3v) is 2.36. The van der Waals surface area contributed by atoms with Gasteiger partial charge in [0.25, 0.3) is 5.78 Å². The molecule has 0 atom stereocenters. The Morgan fingerprint density at radius 3 is 2.65 bits per heavy atom. The molecule has 0 aliphatic heterocycles. The first-order valence-electron chi connectivity index (χ1n) is 5.94. The number of amides is 1. The second kappa shape index (κ2) is 8.39. The molecule has 20 heavy (non-hydrogen) atoms. The smallest absolute Gasteiger partial charge is 0.410 e. The maximum absolute atomic E-state index is 11.8. The summed E-state index contributed by atoms with van der Waals surface area (Å²) in [6.07, 6.45) is 1.58. The largest absolute Gasteiger partial charge is 0.445 e.